The number of hydrogen-bond acceptors (Lipinski definition) is 3. The normalized spacial score (nSPS) is 16.6. The summed E-state index contributed by atoms with van der Waals surface area (Å²) in [6.45, 7) is 2.32. The lowest BCUT2D eigenvalue weighted by Gasteiger charge is -2.23. The summed E-state index contributed by atoms with van der Waals surface area (Å²) in [5.74, 6) is -0.381. The summed E-state index contributed by atoms with van der Waals surface area (Å²) in [6.07, 6.45) is 2.33. The zero-order chi connectivity index (χ0) is 19.2. The summed E-state index contributed by atoms with van der Waals surface area (Å²) in [5.41, 5.74) is 2.43. The molecule has 0 spiro atoms. The zero-order valence-corrected chi connectivity index (χ0v) is 15.9. The van der Waals surface area contributed by atoms with Gasteiger partial charge in [0.05, 0.1) is 4.90 Å². The summed E-state index contributed by atoms with van der Waals surface area (Å²) in [6, 6.07) is 10.9. The Hall–Kier alpha value is -2.25. The number of carbonyl (C=O) groups is 1. The lowest BCUT2D eigenvalue weighted by molar-refractivity contribution is -0.116. The van der Waals surface area contributed by atoms with E-state index in [1.807, 2.05) is 0 Å². The summed E-state index contributed by atoms with van der Waals surface area (Å²) in [4.78, 5) is 13.6. The molecular formula is C20H21FN2O3S. The number of rotatable bonds is 5. The van der Waals surface area contributed by atoms with E-state index in [0.29, 0.717) is 13.0 Å². The van der Waals surface area contributed by atoms with E-state index in [4.69, 9.17) is 0 Å². The van der Waals surface area contributed by atoms with Crippen molar-refractivity contribution in [3.8, 4) is 0 Å². The van der Waals surface area contributed by atoms with Crippen LogP contribution in [0.2, 0.25) is 0 Å². The van der Waals surface area contributed by atoms with Gasteiger partial charge in [-0.25, -0.2) is 12.8 Å². The molecule has 1 fully saturated rings. The predicted octanol–water partition coefficient (Wildman–Crippen LogP) is 3.09. The maximum absolute atomic E-state index is 13.3. The topological polar surface area (TPSA) is 57.7 Å². The second kappa shape index (κ2) is 6.73. The summed E-state index contributed by atoms with van der Waals surface area (Å²) in [5, 5.41) is 0. The molecule has 0 aromatic heterocycles. The van der Waals surface area contributed by atoms with Gasteiger partial charge in [0, 0.05) is 31.7 Å². The molecule has 27 heavy (non-hydrogen) atoms. The molecule has 0 atom stereocenters. The molecule has 1 aliphatic carbocycles. The smallest absolute Gasteiger partial charge is 0.243 e. The molecule has 1 saturated carbocycles. The van der Waals surface area contributed by atoms with Gasteiger partial charge in [-0.1, -0.05) is 12.1 Å². The number of amides is 1. The van der Waals surface area contributed by atoms with Crippen LogP contribution in [0.3, 0.4) is 0 Å². The molecular weight excluding hydrogens is 367 g/mol. The van der Waals surface area contributed by atoms with E-state index in [1.165, 1.54) is 23.4 Å². The molecule has 4 rings (SSSR count). The van der Waals surface area contributed by atoms with E-state index in [-0.39, 0.29) is 29.2 Å². The molecule has 1 heterocycles. The molecule has 1 amide bonds. The highest BCUT2D eigenvalue weighted by Gasteiger charge is 2.38. The maximum atomic E-state index is 13.3. The van der Waals surface area contributed by atoms with Gasteiger partial charge in [-0.05, 0) is 60.7 Å². The van der Waals surface area contributed by atoms with Gasteiger partial charge < -0.3 is 4.90 Å². The molecule has 2 aromatic rings. The average Bonchev–Trinajstić information content (AvgIpc) is 3.38. The van der Waals surface area contributed by atoms with Crippen molar-refractivity contribution in [2.24, 2.45) is 0 Å². The Morgan fingerprint density at radius 2 is 1.89 bits per heavy atom. The minimum Gasteiger partial charge on any atom is -0.312 e. The number of benzene rings is 2. The first kappa shape index (κ1) is 18.1. The summed E-state index contributed by atoms with van der Waals surface area (Å²) >= 11 is 0. The quantitative estimate of drug-likeness (QED) is 0.791. The van der Waals surface area contributed by atoms with Crippen molar-refractivity contribution in [1.29, 1.82) is 0 Å². The fourth-order valence-corrected chi connectivity index (χ4v) is 5.27. The summed E-state index contributed by atoms with van der Waals surface area (Å²) in [7, 11) is -3.67. The first-order chi connectivity index (χ1) is 12.9. The number of anilines is 1. The van der Waals surface area contributed by atoms with Gasteiger partial charge >= 0.3 is 0 Å². The Labute approximate surface area is 158 Å². The largest absolute Gasteiger partial charge is 0.312 e. The molecule has 0 N–H and O–H groups in total. The lowest BCUT2D eigenvalue weighted by atomic mass is 10.2. The van der Waals surface area contributed by atoms with Crippen molar-refractivity contribution in [2.75, 3.05) is 11.4 Å². The fourth-order valence-electron chi connectivity index (χ4n) is 3.54. The molecule has 7 heteroatoms. The van der Waals surface area contributed by atoms with Crippen LogP contribution in [0.5, 0.6) is 0 Å². The van der Waals surface area contributed by atoms with E-state index in [0.717, 1.165) is 29.7 Å². The molecule has 0 radical (unpaired) electrons. The van der Waals surface area contributed by atoms with Crippen LogP contribution >= 0.6 is 0 Å². The second-order valence-corrected chi connectivity index (χ2v) is 9.01. The molecule has 1 aliphatic heterocycles. The van der Waals surface area contributed by atoms with Gasteiger partial charge in [0.1, 0.15) is 5.82 Å². The van der Waals surface area contributed by atoms with Gasteiger partial charge in [-0.2, -0.15) is 4.31 Å². The minimum absolute atomic E-state index is 0.0120. The van der Waals surface area contributed by atoms with Crippen LogP contribution < -0.4 is 4.90 Å². The van der Waals surface area contributed by atoms with E-state index in [9.17, 15) is 17.6 Å². The van der Waals surface area contributed by atoms with Crippen LogP contribution in [-0.4, -0.2) is 31.2 Å². The van der Waals surface area contributed by atoms with Crippen LogP contribution in [0, 0.1) is 5.82 Å². The first-order valence-corrected chi connectivity index (χ1v) is 10.5. The van der Waals surface area contributed by atoms with Gasteiger partial charge in [-0.15, -0.1) is 0 Å². The van der Waals surface area contributed by atoms with Crippen LogP contribution in [0.15, 0.2) is 47.4 Å². The van der Waals surface area contributed by atoms with Gasteiger partial charge in [0.25, 0.3) is 0 Å². The predicted molar refractivity (Wildman–Crippen MR) is 100 cm³/mol. The van der Waals surface area contributed by atoms with E-state index >= 15 is 0 Å². The van der Waals surface area contributed by atoms with Crippen molar-refractivity contribution in [3.63, 3.8) is 0 Å². The molecule has 0 unspecified atom stereocenters. The average molecular weight is 388 g/mol. The van der Waals surface area contributed by atoms with E-state index < -0.39 is 10.0 Å². The van der Waals surface area contributed by atoms with E-state index in [1.54, 1.807) is 35.2 Å². The third-order valence-corrected chi connectivity index (χ3v) is 7.03. The Morgan fingerprint density at radius 1 is 1.19 bits per heavy atom. The van der Waals surface area contributed by atoms with Crippen molar-refractivity contribution < 1.29 is 17.6 Å². The SMILES string of the molecule is CC(=O)N1CCc2cc(S(=O)(=O)N(Cc3ccc(F)cc3)C3CC3)ccc21. The number of hydrogen-bond donors (Lipinski definition) is 0. The van der Waals surface area contributed by atoms with Gasteiger partial charge in [0.2, 0.25) is 15.9 Å². The third kappa shape index (κ3) is 3.49. The molecule has 142 valence electrons. The van der Waals surface area contributed by atoms with E-state index in [2.05, 4.69) is 0 Å². The molecule has 5 nitrogen and oxygen atoms in total. The van der Waals surface area contributed by atoms with Crippen molar-refractivity contribution in [2.45, 2.75) is 43.7 Å². The Bertz CT molecular complexity index is 985. The molecule has 0 saturated heterocycles. The standard InChI is InChI=1S/C20H21FN2O3S/c1-14(24)22-11-10-16-12-19(8-9-20(16)22)27(25,26)23(18-6-7-18)13-15-2-4-17(21)5-3-15/h2-5,8-9,12,18H,6-7,10-11,13H2,1H3. The highest BCUT2D eigenvalue weighted by atomic mass is 32.2. The van der Waals surface area contributed by atoms with Crippen molar-refractivity contribution in [3.05, 3.63) is 59.4 Å². The number of sulfonamides is 1. The highest BCUT2D eigenvalue weighted by molar-refractivity contribution is 7.89. The van der Waals surface area contributed by atoms with Crippen LogP contribution in [-0.2, 0) is 27.8 Å². The second-order valence-electron chi connectivity index (χ2n) is 7.12. The monoisotopic (exact) mass is 388 g/mol. The van der Waals surface area contributed by atoms with Gasteiger partial charge in [0.15, 0.2) is 0 Å². The number of carbonyl (C=O) groups excluding carboxylic acids is 1. The van der Waals surface area contributed by atoms with Crippen molar-refractivity contribution in [1.82, 2.24) is 4.31 Å². The first-order valence-electron chi connectivity index (χ1n) is 9.03. The van der Waals surface area contributed by atoms with Crippen molar-refractivity contribution >= 4 is 21.6 Å². The molecule has 2 aromatic carbocycles. The molecule has 0 bridgehead atoms. The number of halogens is 1. The van der Waals surface area contributed by atoms with Crippen LogP contribution in [0.4, 0.5) is 10.1 Å². The van der Waals surface area contributed by atoms with Crippen LogP contribution in [0.25, 0.3) is 0 Å². The van der Waals surface area contributed by atoms with Crippen LogP contribution in [0.1, 0.15) is 30.9 Å². The maximum Gasteiger partial charge on any atom is 0.243 e. The minimum atomic E-state index is -3.67. The highest BCUT2D eigenvalue weighted by Crippen LogP contribution is 2.36. The Balaban J connectivity index is 1.65. The number of fused-ring (bicyclic) bond motifs is 1. The Morgan fingerprint density at radius 3 is 2.52 bits per heavy atom. The van der Waals surface area contributed by atoms with Gasteiger partial charge in [-0.3, -0.25) is 4.79 Å². The Kier molecular flexibility index (Phi) is 4.52. The fraction of sp³-hybridized carbons (Fsp3) is 0.350. The number of nitrogens with zero attached hydrogens (tertiary/aromatic N) is 2. The molecule has 2 aliphatic rings. The lowest BCUT2D eigenvalue weighted by Crippen LogP contribution is -2.32. The third-order valence-electron chi connectivity index (χ3n) is 5.14. The zero-order valence-electron chi connectivity index (χ0n) is 15.1. The summed E-state index contributed by atoms with van der Waals surface area (Å²) < 4.78 is 41.2.